The fourth-order valence-electron chi connectivity index (χ4n) is 4.64. The molecule has 0 bridgehead atoms. The molecule has 1 N–H and O–H groups in total. The molecule has 41 heavy (non-hydrogen) atoms. The van der Waals surface area contributed by atoms with E-state index in [0.717, 1.165) is 19.0 Å². The summed E-state index contributed by atoms with van der Waals surface area (Å²) in [6.45, 7) is 1.39. The number of benzene rings is 2. The van der Waals surface area contributed by atoms with E-state index in [2.05, 4.69) is 10.3 Å². The number of rotatable bonds is 8. The number of hydrogen-bond donors (Lipinski definition) is 1. The molecule has 2 aromatic carbocycles. The van der Waals surface area contributed by atoms with Gasteiger partial charge in [0.25, 0.3) is 5.91 Å². The number of halogens is 4. The Morgan fingerprint density at radius 3 is 2.66 bits per heavy atom. The van der Waals surface area contributed by atoms with E-state index in [0.29, 0.717) is 49.2 Å². The number of methoxy groups -OCH3 is 1. The highest BCUT2D eigenvalue weighted by Crippen LogP contribution is 2.38. The molecule has 0 radical (unpaired) electrons. The number of anilines is 2. The smallest absolute Gasteiger partial charge is 0.433 e. The molecule has 0 saturated carbocycles. The number of para-hydroxylation sites is 2. The van der Waals surface area contributed by atoms with Gasteiger partial charge in [-0.2, -0.15) is 18.4 Å². The van der Waals surface area contributed by atoms with Crippen molar-refractivity contribution in [2.75, 3.05) is 44.0 Å². The van der Waals surface area contributed by atoms with Crippen LogP contribution in [0.5, 0.6) is 5.75 Å². The van der Waals surface area contributed by atoms with Gasteiger partial charge in [0, 0.05) is 56.1 Å². The molecule has 12 heteroatoms. The van der Waals surface area contributed by atoms with E-state index in [1.165, 1.54) is 24.1 Å². The predicted octanol–water partition coefficient (Wildman–Crippen LogP) is 6.00. The van der Waals surface area contributed by atoms with E-state index < -0.39 is 17.8 Å². The second kappa shape index (κ2) is 12.5. The highest BCUT2D eigenvalue weighted by molar-refractivity contribution is 6.34. The Morgan fingerprint density at radius 2 is 1.98 bits per heavy atom. The molecule has 1 saturated heterocycles. The molecule has 3 aromatic rings. The summed E-state index contributed by atoms with van der Waals surface area (Å²) in [5, 5.41) is 12.9. The summed E-state index contributed by atoms with van der Waals surface area (Å²) in [5.74, 6) is 0.0502. The number of alkyl halides is 3. The van der Waals surface area contributed by atoms with Crippen LogP contribution in [0.4, 0.5) is 24.5 Å². The molecule has 2 heterocycles. The van der Waals surface area contributed by atoms with E-state index in [4.69, 9.17) is 16.3 Å². The van der Waals surface area contributed by atoms with Gasteiger partial charge in [-0.1, -0.05) is 23.7 Å². The lowest BCUT2D eigenvalue weighted by Crippen LogP contribution is -2.38. The molecule has 4 rings (SSSR count). The summed E-state index contributed by atoms with van der Waals surface area (Å²) in [5.41, 5.74) is -0.320. The fourth-order valence-corrected chi connectivity index (χ4v) is 4.91. The third kappa shape index (κ3) is 6.55. The zero-order chi connectivity index (χ0) is 29.7. The summed E-state index contributed by atoms with van der Waals surface area (Å²) < 4.78 is 45.1. The number of carbonyl (C=O) groups excluding carboxylic acids is 2. The molecule has 1 aliphatic heterocycles. The lowest BCUT2D eigenvalue weighted by atomic mass is 9.98. The third-order valence-corrected chi connectivity index (χ3v) is 7.13. The highest BCUT2D eigenvalue weighted by Gasteiger charge is 2.33. The first-order chi connectivity index (χ1) is 19.5. The Bertz CT molecular complexity index is 1510. The van der Waals surface area contributed by atoms with Crippen LogP contribution >= 0.6 is 11.6 Å². The Labute approximate surface area is 240 Å². The first-order valence-electron chi connectivity index (χ1n) is 12.8. The minimum atomic E-state index is -4.74. The van der Waals surface area contributed by atoms with Crippen molar-refractivity contribution in [2.24, 2.45) is 0 Å². The Morgan fingerprint density at radius 1 is 1.22 bits per heavy atom. The van der Waals surface area contributed by atoms with Gasteiger partial charge in [0.1, 0.15) is 11.4 Å². The van der Waals surface area contributed by atoms with Crippen molar-refractivity contribution in [3.05, 3.63) is 70.5 Å². The summed E-state index contributed by atoms with van der Waals surface area (Å²) in [7, 11) is 3.04. The lowest BCUT2D eigenvalue weighted by Gasteiger charge is -2.27. The van der Waals surface area contributed by atoms with Crippen molar-refractivity contribution in [1.82, 2.24) is 9.88 Å². The molecule has 8 nitrogen and oxygen atoms in total. The Kier molecular flexibility index (Phi) is 9.03. The summed E-state index contributed by atoms with van der Waals surface area (Å²) in [6.07, 6.45) is -1.54. The van der Waals surface area contributed by atoms with Gasteiger partial charge in [-0.3, -0.25) is 14.6 Å². The maximum atomic E-state index is 13.9. The molecular weight excluding hydrogens is 559 g/mol. The molecule has 2 amide bonds. The Balaban J connectivity index is 1.76. The number of ether oxygens (including phenoxy) is 1. The quantitative estimate of drug-likeness (QED) is 0.348. The van der Waals surface area contributed by atoms with Crippen LogP contribution in [0.25, 0.3) is 11.1 Å². The number of aromatic nitrogens is 1. The van der Waals surface area contributed by atoms with Gasteiger partial charge in [-0.15, -0.1) is 0 Å². The van der Waals surface area contributed by atoms with Crippen LogP contribution in [0.2, 0.25) is 5.02 Å². The van der Waals surface area contributed by atoms with Crippen molar-refractivity contribution < 1.29 is 27.5 Å². The minimum Gasteiger partial charge on any atom is -0.495 e. The standard InChI is InChI=1S/C29H27ClF3N5O3/c1-37(24-7-3-4-8-25(24)41-2)28(40)20-14-19(21-17-36-26(29(31,32)33)13-18(21)16-34)22(30)15-23(20)35-10-12-38-11-6-5-9-27(38)39/h3-4,7-8,13-15,17,35H,5-6,9-12H2,1-2H3. The van der Waals surface area contributed by atoms with Crippen molar-refractivity contribution in [3.8, 4) is 22.9 Å². The zero-order valence-corrected chi connectivity index (χ0v) is 23.1. The van der Waals surface area contributed by atoms with E-state index in [1.807, 2.05) is 0 Å². The van der Waals surface area contributed by atoms with Gasteiger partial charge in [0.15, 0.2) is 0 Å². The molecule has 1 fully saturated rings. The molecule has 0 atom stereocenters. The van der Waals surface area contributed by atoms with Gasteiger partial charge in [0.05, 0.1) is 35.0 Å². The monoisotopic (exact) mass is 585 g/mol. The number of amides is 2. The van der Waals surface area contributed by atoms with E-state index in [1.54, 1.807) is 42.3 Å². The van der Waals surface area contributed by atoms with Crippen LogP contribution in [0.3, 0.4) is 0 Å². The van der Waals surface area contributed by atoms with Gasteiger partial charge in [-0.05, 0) is 43.2 Å². The maximum absolute atomic E-state index is 13.9. The lowest BCUT2D eigenvalue weighted by molar-refractivity contribution is -0.141. The normalized spacial score (nSPS) is 13.5. The fraction of sp³-hybridized carbons (Fsp3) is 0.310. The summed E-state index contributed by atoms with van der Waals surface area (Å²) in [4.78, 5) is 32.7. The summed E-state index contributed by atoms with van der Waals surface area (Å²) >= 11 is 6.59. The number of likely N-dealkylation sites (tertiary alicyclic amines) is 1. The number of pyridine rings is 1. The molecule has 214 valence electrons. The number of hydrogen-bond acceptors (Lipinski definition) is 6. The van der Waals surface area contributed by atoms with E-state index in [9.17, 15) is 28.0 Å². The summed E-state index contributed by atoms with van der Waals surface area (Å²) in [6, 6.07) is 12.2. The first-order valence-corrected chi connectivity index (χ1v) is 13.2. The van der Waals surface area contributed by atoms with Crippen LogP contribution in [-0.4, -0.2) is 55.5 Å². The number of carbonyl (C=O) groups is 2. The van der Waals surface area contributed by atoms with Gasteiger partial charge in [0.2, 0.25) is 5.91 Å². The highest BCUT2D eigenvalue weighted by atomic mass is 35.5. The molecule has 1 aromatic heterocycles. The maximum Gasteiger partial charge on any atom is 0.433 e. The number of piperidine rings is 1. The van der Waals surface area contributed by atoms with E-state index in [-0.39, 0.29) is 33.2 Å². The van der Waals surface area contributed by atoms with Crippen LogP contribution in [0.15, 0.2) is 48.7 Å². The molecule has 0 aliphatic carbocycles. The average molecular weight is 586 g/mol. The van der Waals surface area contributed by atoms with Gasteiger partial charge in [-0.25, -0.2) is 0 Å². The topological polar surface area (TPSA) is 98.6 Å². The van der Waals surface area contributed by atoms with Crippen molar-refractivity contribution in [2.45, 2.75) is 25.4 Å². The molecule has 1 aliphatic rings. The number of nitrogens with zero attached hydrogens (tertiary/aromatic N) is 4. The molecular formula is C29H27ClF3N5O3. The average Bonchev–Trinajstić information content (AvgIpc) is 2.96. The van der Waals surface area contributed by atoms with Crippen LogP contribution in [0, 0.1) is 11.3 Å². The van der Waals surface area contributed by atoms with Crippen molar-refractivity contribution in [3.63, 3.8) is 0 Å². The van der Waals surface area contributed by atoms with Gasteiger partial charge >= 0.3 is 6.18 Å². The van der Waals surface area contributed by atoms with E-state index >= 15 is 0 Å². The van der Waals surface area contributed by atoms with Gasteiger partial charge < -0.3 is 19.9 Å². The SMILES string of the molecule is COc1ccccc1N(C)C(=O)c1cc(-c2cnc(C(F)(F)F)cc2C#N)c(Cl)cc1NCCN1CCCCC1=O. The minimum absolute atomic E-state index is 0.0463. The second-order valence-corrected chi connectivity index (χ2v) is 9.81. The number of nitrogens with one attached hydrogen (secondary N) is 1. The Hall–Kier alpha value is -4.30. The van der Waals surface area contributed by atoms with Crippen LogP contribution < -0.4 is 15.0 Å². The van der Waals surface area contributed by atoms with Crippen LogP contribution in [-0.2, 0) is 11.0 Å². The largest absolute Gasteiger partial charge is 0.495 e. The van der Waals surface area contributed by atoms with Crippen LogP contribution in [0.1, 0.15) is 40.9 Å². The third-order valence-electron chi connectivity index (χ3n) is 6.81. The van der Waals surface area contributed by atoms with Crippen molar-refractivity contribution >= 4 is 34.8 Å². The number of nitriles is 1. The first kappa shape index (κ1) is 29.7. The molecule has 0 spiro atoms. The molecule has 0 unspecified atom stereocenters. The van der Waals surface area contributed by atoms with Crippen molar-refractivity contribution in [1.29, 1.82) is 5.26 Å². The predicted molar refractivity (Wildman–Crippen MR) is 149 cm³/mol. The zero-order valence-electron chi connectivity index (χ0n) is 22.4. The second-order valence-electron chi connectivity index (χ2n) is 9.40.